The van der Waals surface area contributed by atoms with Gasteiger partial charge in [0.05, 0.1) is 7.11 Å². The first kappa shape index (κ1) is 14.2. The van der Waals surface area contributed by atoms with E-state index < -0.39 is 0 Å². The molecule has 2 rings (SSSR count). The monoisotopic (exact) mass is 273 g/mol. The molecular formula is C16H19NO3. The summed E-state index contributed by atoms with van der Waals surface area (Å²) < 4.78 is 10.8. The van der Waals surface area contributed by atoms with Gasteiger partial charge in [-0.15, -0.1) is 0 Å². The molecular weight excluding hydrogens is 254 g/mol. The first-order chi connectivity index (χ1) is 9.71. The van der Waals surface area contributed by atoms with E-state index in [4.69, 9.17) is 9.47 Å². The summed E-state index contributed by atoms with van der Waals surface area (Å²) >= 11 is 0. The lowest BCUT2D eigenvalue weighted by Crippen LogP contribution is -2.33. The number of benzene rings is 2. The van der Waals surface area contributed by atoms with E-state index in [1.807, 2.05) is 44.2 Å². The number of ether oxygens (including phenoxy) is 2. The van der Waals surface area contributed by atoms with Crippen molar-refractivity contribution < 1.29 is 14.3 Å². The van der Waals surface area contributed by atoms with Gasteiger partial charge in [-0.25, -0.2) is 4.79 Å². The fourth-order valence-electron chi connectivity index (χ4n) is 2.15. The molecule has 0 unspecified atom stereocenters. The summed E-state index contributed by atoms with van der Waals surface area (Å²) in [6.45, 7) is 5.11. The van der Waals surface area contributed by atoms with Crippen molar-refractivity contribution in [3.8, 4) is 11.5 Å². The standard InChI is InChI=1S/C16H19NO3/c1-4-17(5-2)16(18)20-15-11-10-14(19-3)12-8-6-7-9-13(12)15/h6-11H,4-5H2,1-3H3. The zero-order valence-electron chi connectivity index (χ0n) is 12.1. The Balaban J connectivity index is 2.38. The maximum atomic E-state index is 12.0. The highest BCUT2D eigenvalue weighted by Gasteiger charge is 2.14. The Morgan fingerprint density at radius 1 is 1.00 bits per heavy atom. The van der Waals surface area contributed by atoms with Crippen molar-refractivity contribution in [3.05, 3.63) is 36.4 Å². The molecule has 0 N–H and O–H groups in total. The van der Waals surface area contributed by atoms with E-state index >= 15 is 0 Å². The minimum Gasteiger partial charge on any atom is -0.496 e. The molecule has 0 fully saturated rings. The van der Waals surface area contributed by atoms with Crippen LogP contribution in [0.4, 0.5) is 4.79 Å². The normalized spacial score (nSPS) is 10.3. The van der Waals surface area contributed by atoms with Gasteiger partial charge in [-0.1, -0.05) is 24.3 Å². The second-order valence-corrected chi connectivity index (χ2v) is 4.35. The highest BCUT2D eigenvalue weighted by Crippen LogP contribution is 2.33. The third-order valence-electron chi connectivity index (χ3n) is 3.28. The summed E-state index contributed by atoms with van der Waals surface area (Å²) in [5, 5.41) is 1.80. The van der Waals surface area contributed by atoms with Gasteiger partial charge in [-0.05, 0) is 26.0 Å². The van der Waals surface area contributed by atoms with Gasteiger partial charge in [0.2, 0.25) is 0 Å². The lowest BCUT2D eigenvalue weighted by Gasteiger charge is -2.19. The highest BCUT2D eigenvalue weighted by molar-refractivity contribution is 5.94. The molecule has 4 heteroatoms. The zero-order chi connectivity index (χ0) is 14.5. The molecule has 0 aromatic heterocycles. The van der Waals surface area contributed by atoms with E-state index in [2.05, 4.69) is 0 Å². The Morgan fingerprint density at radius 3 is 2.10 bits per heavy atom. The van der Waals surface area contributed by atoms with Crippen molar-refractivity contribution >= 4 is 16.9 Å². The molecule has 106 valence electrons. The lowest BCUT2D eigenvalue weighted by molar-refractivity contribution is 0.158. The predicted octanol–water partition coefficient (Wildman–Crippen LogP) is 3.69. The van der Waals surface area contributed by atoms with Gasteiger partial charge in [-0.3, -0.25) is 0 Å². The van der Waals surface area contributed by atoms with Gasteiger partial charge in [-0.2, -0.15) is 0 Å². The number of amides is 1. The second-order valence-electron chi connectivity index (χ2n) is 4.35. The van der Waals surface area contributed by atoms with Crippen LogP contribution in [0.5, 0.6) is 11.5 Å². The summed E-state index contributed by atoms with van der Waals surface area (Å²) in [6.07, 6.45) is -0.328. The molecule has 0 saturated carbocycles. The summed E-state index contributed by atoms with van der Waals surface area (Å²) in [4.78, 5) is 13.7. The number of nitrogens with zero attached hydrogens (tertiary/aromatic N) is 1. The molecule has 0 saturated heterocycles. The van der Waals surface area contributed by atoms with Crippen molar-refractivity contribution in [3.63, 3.8) is 0 Å². The molecule has 2 aromatic carbocycles. The molecule has 0 bridgehead atoms. The minimum absolute atomic E-state index is 0.328. The van der Waals surface area contributed by atoms with Crippen LogP contribution < -0.4 is 9.47 Å². The van der Waals surface area contributed by atoms with Gasteiger partial charge in [0, 0.05) is 23.9 Å². The number of carbonyl (C=O) groups is 1. The Hall–Kier alpha value is -2.23. The van der Waals surface area contributed by atoms with Gasteiger partial charge >= 0.3 is 6.09 Å². The zero-order valence-corrected chi connectivity index (χ0v) is 12.1. The van der Waals surface area contributed by atoms with E-state index in [0.29, 0.717) is 18.8 Å². The van der Waals surface area contributed by atoms with Crippen LogP contribution in [0.2, 0.25) is 0 Å². The molecule has 4 nitrogen and oxygen atoms in total. The first-order valence-corrected chi connectivity index (χ1v) is 6.73. The van der Waals surface area contributed by atoms with Crippen molar-refractivity contribution in [2.45, 2.75) is 13.8 Å². The molecule has 1 amide bonds. The summed E-state index contributed by atoms with van der Waals surface area (Å²) in [7, 11) is 1.63. The van der Waals surface area contributed by atoms with Crippen molar-refractivity contribution in [2.24, 2.45) is 0 Å². The smallest absolute Gasteiger partial charge is 0.415 e. The average Bonchev–Trinajstić information content (AvgIpc) is 2.49. The van der Waals surface area contributed by atoms with Crippen LogP contribution in [0.3, 0.4) is 0 Å². The largest absolute Gasteiger partial charge is 0.496 e. The van der Waals surface area contributed by atoms with Crippen LogP contribution in [0.15, 0.2) is 36.4 Å². The molecule has 20 heavy (non-hydrogen) atoms. The van der Waals surface area contributed by atoms with Crippen molar-refractivity contribution in [1.82, 2.24) is 4.90 Å². The topological polar surface area (TPSA) is 38.8 Å². The van der Waals surface area contributed by atoms with Crippen LogP contribution in [0.25, 0.3) is 10.8 Å². The number of hydrogen-bond donors (Lipinski definition) is 0. The predicted molar refractivity (Wildman–Crippen MR) is 79.4 cm³/mol. The quantitative estimate of drug-likeness (QED) is 0.852. The highest BCUT2D eigenvalue weighted by atomic mass is 16.6. The maximum Gasteiger partial charge on any atom is 0.415 e. The molecule has 0 aliphatic rings. The van der Waals surface area contributed by atoms with E-state index in [0.717, 1.165) is 16.5 Å². The molecule has 0 spiro atoms. The SMILES string of the molecule is CCN(CC)C(=O)Oc1ccc(OC)c2ccccc12. The van der Waals surface area contributed by atoms with Crippen LogP contribution in [0, 0.1) is 0 Å². The summed E-state index contributed by atoms with van der Waals surface area (Å²) in [6, 6.07) is 11.3. The van der Waals surface area contributed by atoms with Gasteiger partial charge < -0.3 is 14.4 Å². The van der Waals surface area contributed by atoms with Gasteiger partial charge in [0.1, 0.15) is 11.5 Å². The minimum atomic E-state index is -0.328. The van der Waals surface area contributed by atoms with Crippen LogP contribution >= 0.6 is 0 Å². The van der Waals surface area contributed by atoms with Gasteiger partial charge in [0.15, 0.2) is 0 Å². The summed E-state index contributed by atoms with van der Waals surface area (Å²) in [5.74, 6) is 1.32. The van der Waals surface area contributed by atoms with E-state index in [-0.39, 0.29) is 6.09 Å². The maximum absolute atomic E-state index is 12.0. The number of fused-ring (bicyclic) bond motifs is 1. The van der Waals surface area contributed by atoms with E-state index in [1.54, 1.807) is 18.1 Å². The Bertz CT molecular complexity index is 606. The number of hydrogen-bond acceptors (Lipinski definition) is 3. The Labute approximate surface area is 118 Å². The summed E-state index contributed by atoms with van der Waals surface area (Å²) in [5.41, 5.74) is 0. The molecule has 0 heterocycles. The van der Waals surface area contributed by atoms with Crippen LogP contribution in [-0.4, -0.2) is 31.2 Å². The molecule has 0 radical (unpaired) electrons. The van der Waals surface area contributed by atoms with Crippen LogP contribution in [-0.2, 0) is 0 Å². The van der Waals surface area contributed by atoms with Crippen molar-refractivity contribution in [1.29, 1.82) is 0 Å². The number of rotatable bonds is 4. The third kappa shape index (κ3) is 2.69. The van der Waals surface area contributed by atoms with E-state index in [9.17, 15) is 4.79 Å². The second kappa shape index (κ2) is 6.28. The molecule has 0 aliphatic carbocycles. The fourth-order valence-corrected chi connectivity index (χ4v) is 2.15. The molecule has 0 aliphatic heterocycles. The molecule has 2 aromatic rings. The number of carbonyl (C=O) groups excluding carboxylic acids is 1. The fraction of sp³-hybridized carbons (Fsp3) is 0.312. The van der Waals surface area contributed by atoms with Crippen LogP contribution in [0.1, 0.15) is 13.8 Å². The van der Waals surface area contributed by atoms with E-state index in [1.165, 1.54) is 0 Å². The lowest BCUT2D eigenvalue weighted by atomic mass is 10.1. The number of methoxy groups -OCH3 is 1. The Kier molecular flexibility index (Phi) is 4.45. The third-order valence-corrected chi connectivity index (χ3v) is 3.28. The first-order valence-electron chi connectivity index (χ1n) is 6.73. The average molecular weight is 273 g/mol. The molecule has 0 atom stereocenters. The van der Waals surface area contributed by atoms with Gasteiger partial charge in [0.25, 0.3) is 0 Å². The van der Waals surface area contributed by atoms with Crippen molar-refractivity contribution in [2.75, 3.05) is 20.2 Å². The Morgan fingerprint density at radius 2 is 1.55 bits per heavy atom.